The highest BCUT2D eigenvalue weighted by molar-refractivity contribution is 5.96. The summed E-state index contributed by atoms with van der Waals surface area (Å²) in [7, 11) is 0. The van der Waals surface area contributed by atoms with Crippen molar-refractivity contribution in [3.05, 3.63) is 65.7 Å². The zero-order valence-corrected chi connectivity index (χ0v) is 13.5. The molecular formula is C19H15F3O4. The second kappa shape index (κ2) is 7.86. The lowest BCUT2D eigenvalue weighted by atomic mass is 10.0. The highest BCUT2D eigenvalue weighted by Gasteiger charge is 2.29. The SMILES string of the molecule is O=C(O)CCC(=O)C=C(O)c1ccc(-c2ccc(C(F)(F)F)cc2)cc1. The molecule has 7 heteroatoms. The summed E-state index contributed by atoms with van der Waals surface area (Å²) in [5, 5.41) is 18.4. The topological polar surface area (TPSA) is 74.6 Å². The summed E-state index contributed by atoms with van der Waals surface area (Å²) in [5.74, 6) is -1.93. The van der Waals surface area contributed by atoms with Crippen molar-refractivity contribution in [3.63, 3.8) is 0 Å². The van der Waals surface area contributed by atoms with Crippen LogP contribution in [0, 0.1) is 0 Å². The summed E-state index contributed by atoms with van der Waals surface area (Å²) in [6.07, 6.45) is -3.99. The molecule has 0 unspecified atom stereocenters. The van der Waals surface area contributed by atoms with Gasteiger partial charge in [0.15, 0.2) is 5.78 Å². The molecule has 136 valence electrons. The van der Waals surface area contributed by atoms with Crippen LogP contribution >= 0.6 is 0 Å². The van der Waals surface area contributed by atoms with E-state index in [1.165, 1.54) is 24.3 Å². The predicted octanol–water partition coefficient (Wildman–Crippen LogP) is 4.71. The maximum atomic E-state index is 12.6. The minimum absolute atomic E-state index is 0.219. The Labute approximate surface area is 147 Å². The number of rotatable bonds is 6. The van der Waals surface area contributed by atoms with E-state index in [1.807, 2.05) is 0 Å². The van der Waals surface area contributed by atoms with E-state index in [2.05, 4.69) is 0 Å². The average molecular weight is 364 g/mol. The summed E-state index contributed by atoms with van der Waals surface area (Å²) >= 11 is 0. The Kier molecular flexibility index (Phi) is 5.82. The number of ketones is 1. The van der Waals surface area contributed by atoms with Gasteiger partial charge in [-0.2, -0.15) is 13.2 Å². The van der Waals surface area contributed by atoms with E-state index >= 15 is 0 Å². The van der Waals surface area contributed by atoms with Crippen LogP contribution in [0.2, 0.25) is 0 Å². The maximum Gasteiger partial charge on any atom is 0.416 e. The van der Waals surface area contributed by atoms with E-state index in [0.717, 1.165) is 18.2 Å². The van der Waals surface area contributed by atoms with Gasteiger partial charge in [-0.15, -0.1) is 0 Å². The highest BCUT2D eigenvalue weighted by Crippen LogP contribution is 2.31. The van der Waals surface area contributed by atoms with Crippen molar-refractivity contribution in [1.82, 2.24) is 0 Å². The number of aliphatic hydroxyl groups is 1. The fourth-order valence-corrected chi connectivity index (χ4v) is 2.22. The summed E-state index contributed by atoms with van der Waals surface area (Å²) in [5.41, 5.74) is 0.820. The molecule has 0 amide bonds. The van der Waals surface area contributed by atoms with E-state index in [1.54, 1.807) is 12.1 Å². The first-order valence-corrected chi connectivity index (χ1v) is 7.60. The normalized spacial score (nSPS) is 12.0. The Morgan fingerprint density at radius 2 is 1.35 bits per heavy atom. The standard InChI is InChI=1S/C19H15F3O4/c20-19(21,22)15-7-5-13(6-8-15)12-1-3-14(4-2-12)17(24)11-16(23)9-10-18(25)26/h1-8,11,24H,9-10H2,(H,25,26). The highest BCUT2D eigenvalue weighted by atomic mass is 19.4. The largest absolute Gasteiger partial charge is 0.507 e. The second-order valence-corrected chi connectivity index (χ2v) is 5.54. The average Bonchev–Trinajstić information content (AvgIpc) is 2.59. The number of benzene rings is 2. The molecule has 0 aliphatic rings. The summed E-state index contributed by atoms with van der Waals surface area (Å²) in [6, 6.07) is 10.9. The van der Waals surface area contributed by atoms with Gasteiger partial charge in [0.25, 0.3) is 0 Å². The van der Waals surface area contributed by atoms with Crippen molar-refractivity contribution < 1.29 is 33.0 Å². The van der Waals surface area contributed by atoms with Crippen LogP contribution in [0.1, 0.15) is 24.0 Å². The minimum Gasteiger partial charge on any atom is -0.507 e. The number of halogens is 3. The van der Waals surface area contributed by atoms with Crippen LogP contribution in [-0.4, -0.2) is 22.0 Å². The molecule has 0 radical (unpaired) electrons. The van der Waals surface area contributed by atoms with Crippen molar-refractivity contribution in [3.8, 4) is 11.1 Å². The molecule has 26 heavy (non-hydrogen) atoms. The van der Waals surface area contributed by atoms with Gasteiger partial charge >= 0.3 is 12.1 Å². The third-order valence-corrected chi connectivity index (χ3v) is 3.61. The maximum absolute atomic E-state index is 12.6. The molecule has 2 rings (SSSR count). The number of hydrogen-bond donors (Lipinski definition) is 2. The molecule has 0 bridgehead atoms. The van der Waals surface area contributed by atoms with E-state index in [9.17, 15) is 27.9 Å². The molecule has 4 nitrogen and oxygen atoms in total. The van der Waals surface area contributed by atoms with Gasteiger partial charge in [-0.05, 0) is 23.3 Å². The Bertz CT molecular complexity index is 819. The van der Waals surface area contributed by atoms with Gasteiger partial charge in [-0.1, -0.05) is 36.4 Å². The lowest BCUT2D eigenvalue weighted by Crippen LogP contribution is -2.03. The lowest BCUT2D eigenvalue weighted by Gasteiger charge is -2.08. The molecule has 2 aromatic rings. The number of aliphatic carboxylic acids is 1. The number of allylic oxidation sites excluding steroid dienone is 1. The number of carboxylic acid groups (broad SMARTS) is 1. The molecule has 0 aliphatic carbocycles. The zero-order valence-electron chi connectivity index (χ0n) is 13.5. The molecule has 0 fully saturated rings. The molecule has 2 aromatic carbocycles. The van der Waals surface area contributed by atoms with Crippen molar-refractivity contribution in [2.24, 2.45) is 0 Å². The van der Waals surface area contributed by atoms with E-state index in [-0.39, 0.29) is 18.6 Å². The van der Waals surface area contributed by atoms with Crippen LogP contribution in [0.3, 0.4) is 0 Å². The monoisotopic (exact) mass is 364 g/mol. The fraction of sp³-hybridized carbons (Fsp3) is 0.158. The van der Waals surface area contributed by atoms with Gasteiger partial charge in [0.2, 0.25) is 0 Å². The van der Waals surface area contributed by atoms with E-state index in [4.69, 9.17) is 5.11 Å². The van der Waals surface area contributed by atoms with Crippen molar-refractivity contribution >= 4 is 17.5 Å². The van der Waals surface area contributed by atoms with Crippen LogP contribution in [0.4, 0.5) is 13.2 Å². The van der Waals surface area contributed by atoms with Crippen molar-refractivity contribution in [2.45, 2.75) is 19.0 Å². The number of hydrogen-bond acceptors (Lipinski definition) is 3. The van der Waals surface area contributed by atoms with Crippen LogP contribution in [-0.2, 0) is 15.8 Å². The van der Waals surface area contributed by atoms with E-state index in [0.29, 0.717) is 16.7 Å². The number of carbonyl (C=O) groups excluding carboxylic acids is 1. The van der Waals surface area contributed by atoms with Crippen molar-refractivity contribution in [2.75, 3.05) is 0 Å². The molecule has 0 atom stereocenters. The molecule has 0 aliphatic heterocycles. The van der Waals surface area contributed by atoms with Crippen LogP contribution in [0.5, 0.6) is 0 Å². The fourth-order valence-electron chi connectivity index (χ4n) is 2.22. The predicted molar refractivity (Wildman–Crippen MR) is 89.4 cm³/mol. The van der Waals surface area contributed by atoms with Crippen LogP contribution in [0.15, 0.2) is 54.6 Å². The summed E-state index contributed by atoms with van der Waals surface area (Å²) in [6.45, 7) is 0. The third kappa shape index (κ3) is 5.20. The summed E-state index contributed by atoms with van der Waals surface area (Å²) < 4.78 is 37.7. The van der Waals surface area contributed by atoms with Gasteiger partial charge < -0.3 is 10.2 Å². The number of carbonyl (C=O) groups is 2. The van der Waals surface area contributed by atoms with Gasteiger partial charge in [0.1, 0.15) is 5.76 Å². The Balaban J connectivity index is 2.12. The number of carboxylic acids is 1. The minimum atomic E-state index is -4.40. The smallest absolute Gasteiger partial charge is 0.416 e. The van der Waals surface area contributed by atoms with E-state index < -0.39 is 23.5 Å². The molecule has 0 heterocycles. The summed E-state index contributed by atoms with van der Waals surface area (Å²) in [4.78, 5) is 22.0. The van der Waals surface area contributed by atoms with Gasteiger partial charge in [0.05, 0.1) is 12.0 Å². The second-order valence-electron chi connectivity index (χ2n) is 5.54. The first-order chi connectivity index (χ1) is 12.2. The van der Waals surface area contributed by atoms with Crippen molar-refractivity contribution in [1.29, 1.82) is 0 Å². The Hall–Kier alpha value is -3.09. The number of aliphatic hydroxyl groups excluding tert-OH is 1. The van der Waals surface area contributed by atoms with Crippen LogP contribution in [0.25, 0.3) is 16.9 Å². The molecule has 0 saturated carbocycles. The van der Waals surface area contributed by atoms with Crippen LogP contribution < -0.4 is 0 Å². The number of alkyl halides is 3. The Morgan fingerprint density at radius 1 is 0.846 bits per heavy atom. The molecule has 0 spiro atoms. The van der Waals surface area contributed by atoms with Gasteiger partial charge in [0, 0.05) is 18.1 Å². The van der Waals surface area contributed by atoms with Gasteiger partial charge in [-0.3, -0.25) is 9.59 Å². The molecular weight excluding hydrogens is 349 g/mol. The first kappa shape index (κ1) is 19.2. The quantitative estimate of drug-likeness (QED) is 0.575. The third-order valence-electron chi connectivity index (χ3n) is 3.61. The Morgan fingerprint density at radius 3 is 1.81 bits per heavy atom. The molecule has 2 N–H and O–H groups in total. The lowest BCUT2D eigenvalue weighted by molar-refractivity contribution is -0.138. The molecule has 0 saturated heterocycles. The molecule has 0 aromatic heterocycles. The van der Waals surface area contributed by atoms with Gasteiger partial charge in [-0.25, -0.2) is 0 Å². The zero-order chi connectivity index (χ0) is 19.3. The first-order valence-electron chi connectivity index (χ1n) is 7.60.